The molecular formula is C12H12N2O2. The molecule has 82 valence electrons. The second-order valence-corrected chi connectivity index (χ2v) is 3.94. The fourth-order valence-corrected chi connectivity index (χ4v) is 2.24. The summed E-state index contributed by atoms with van der Waals surface area (Å²) in [6.07, 6.45) is 4.23. The summed E-state index contributed by atoms with van der Waals surface area (Å²) in [6.45, 7) is 0.895. The van der Waals surface area contributed by atoms with E-state index in [4.69, 9.17) is 4.52 Å². The van der Waals surface area contributed by atoms with Crippen molar-refractivity contribution in [3.05, 3.63) is 47.3 Å². The molecule has 1 unspecified atom stereocenters. The maximum Gasteiger partial charge on any atom is 0.128 e. The molecule has 3 rings (SSSR count). The summed E-state index contributed by atoms with van der Waals surface area (Å²) in [5.74, 6) is 0.330. The first kappa shape index (κ1) is 9.42. The number of hydrogen-bond donors (Lipinski definition) is 2. The van der Waals surface area contributed by atoms with E-state index >= 15 is 0 Å². The lowest BCUT2D eigenvalue weighted by molar-refractivity contribution is 0.416. The Labute approximate surface area is 92.9 Å². The molecule has 16 heavy (non-hydrogen) atoms. The fourth-order valence-electron chi connectivity index (χ4n) is 2.24. The summed E-state index contributed by atoms with van der Waals surface area (Å²) in [4.78, 5) is 0. The minimum atomic E-state index is -0.0174. The molecular weight excluding hydrogens is 204 g/mol. The standard InChI is InChI=1S/C12H12N2O2/c15-10-3-1-2-8-4-5-13-12(11(8)10)9-6-14-16-7-9/h1-3,6-7,12-13,15H,4-5H2. The fraction of sp³-hybridized carbons (Fsp3) is 0.250. The maximum atomic E-state index is 9.93. The van der Waals surface area contributed by atoms with Crippen molar-refractivity contribution in [2.45, 2.75) is 12.5 Å². The topological polar surface area (TPSA) is 58.3 Å². The van der Waals surface area contributed by atoms with Crippen LogP contribution in [0.1, 0.15) is 22.7 Å². The van der Waals surface area contributed by atoms with E-state index < -0.39 is 0 Å². The summed E-state index contributed by atoms with van der Waals surface area (Å²) in [7, 11) is 0. The summed E-state index contributed by atoms with van der Waals surface area (Å²) in [5.41, 5.74) is 3.07. The number of benzene rings is 1. The van der Waals surface area contributed by atoms with Gasteiger partial charge in [-0.3, -0.25) is 0 Å². The second kappa shape index (κ2) is 3.64. The molecule has 0 saturated heterocycles. The van der Waals surface area contributed by atoms with Crippen molar-refractivity contribution in [2.75, 3.05) is 6.54 Å². The molecule has 4 nitrogen and oxygen atoms in total. The number of hydrogen-bond acceptors (Lipinski definition) is 4. The predicted octanol–water partition coefficient (Wildman–Crippen LogP) is 1.62. The third-order valence-corrected chi connectivity index (χ3v) is 2.99. The number of phenolic OH excluding ortho intramolecular Hbond substituents is 1. The van der Waals surface area contributed by atoms with Crippen LogP contribution in [0.2, 0.25) is 0 Å². The third kappa shape index (κ3) is 1.39. The minimum Gasteiger partial charge on any atom is -0.508 e. The monoisotopic (exact) mass is 216 g/mol. The summed E-state index contributed by atoms with van der Waals surface area (Å²) in [5, 5.41) is 17.0. The van der Waals surface area contributed by atoms with Gasteiger partial charge in [-0.2, -0.15) is 0 Å². The van der Waals surface area contributed by atoms with Crippen LogP contribution in [0, 0.1) is 0 Å². The number of fused-ring (bicyclic) bond motifs is 1. The van der Waals surface area contributed by atoms with Gasteiger partial charge < -0.3 is 14.9 Å². The predicted molar refractivity (Wildman–Crippen MR) is 58.2 cm³/mol. The summed E-state index contributed by atoms with van der Waals surface area (Å²) in [6, 6.07) is 5.63. The SMILES string of the molecule is Oc1cccc2c1C(c1cnoc1)NCC2. The highest BCUT2D eigenvalue weighted by atomic mass is 16.5. The molecule has 0 spiro atoms. The first-order valence-corrected chi connectivity index (χ1v) is 5.29. The molecule has 2 heterocycles. The minimum absolute atomic E-state index is 0.0174. The van der Waals surface area contributed by atoms with E-state index in [1.807, 2.05) is 6.07 Å². The molecule has 1 atom stereocenters. The number of nitrogens with zero attached hydrogens (tertiary/aromatic N) is 1. The highest BCUT2D eigenvalue weighted by Gasteiger charge is 2.25. The van der Waals surface area contributed by atoms with Crippen molar-refractivity contribution in [2.24, 2.45) is 0 Å². The Morgan fingerprint density at radius 2 is 2.38 bits per heavy atom. The van der Waals surface area contributed by atoms with Gasteiger partial charge >= 0.3 is 0 Å². The number of phenols is 1. The maximum absolute atomic E-state index is 9.93. The van der Waals surface area contributed by atoms with Gasteiger partial charge in [0, 0.05) is 17.7 Å². The van der Waals surface area contributed by atoms with E-state index in [0.29, 0.717) is 5.75 Å². The van der Waals surface area contributed by atoms with Crippen LogP contribution >= 0.6 is 0 Å². The summed E-state index contributed by atoms with van der Waals surface area (Å²) >= 11 is 0. The lowest BCUT2D eigenvalue weighted by atomic mass is 9.90. The van der Waals surface area contributed by atoms with Crippen LogP contribution in [0.5, 0.6) is 5.75 Å². The van der Waals surface area contributed by atoms with Crippen molar-refractivity contribution in [1.29, 1.82) is 0 Å². The van der Waals surface area contributed by atoms with E-state index in [1.165, 1.54) is 5.56 Å². The van der Waals surface area contributed by atoms with E-state index in [9.17, 15) is 5.11 Å². The number of aromatic nitrogens is 1. The zero-order valence-electron chi connectivity index (χ0n) is 8.68. The first-order valence-electron chi connectivity index (χ1n) is 5.29. The number of aromatic hydroxyl groups is 1. The molecule has 2 aromatic rings. The van der Waals surface area contributed by atoms with Gasteiger partial charge in [0.25, 0.3) is 0 Å². The quantitative estimate of drug-likeness (QED) is 0.760. The number of rotatable bonds is 1. The van der Waals surface area contributed by atoms with Gasteiger partial charge in [-0.1, -0.05) is 17.3 Å². The Morgan fingerprint density at radius 1 is 1.44 bits per heavy atom. The molecule has 0 aliphatic carbocycles. The Morgan fingerprint density at radius 3 is 3.19 bits per heavy atom. The van der Waals surface area contributed by atoms with E-state index in [1.54, 1.807) is 18.5 Å². The highest BCUT2D eigenvalue weighted by molar-refractivity contribution is 5.46. The molecule has 0 bridgehead atoms. The highest BCUT2D eigenvalue weighted by Crippen LogP contribution is 2.34. The van der Waals surface area contributed by atoms with Crippen molar-refractivity contribution >= 4 is 0 Å². The third-order valence-electron chi connectivity index (χ3n) is 2.99. The lowest BCUT2D eigenvalue weighted by Gasteiger charge is -2.26. The molecule has 1 aliphatic heterocycles. The van der Waals surface area contributed by atoms with Crippen LogP contribution in [0.4, 0.5) is 0 Å². The van der Waals surface area contributed by atoms with Crippen molar-refractivity contribution in [1.82, 2.24) is 10.5 Å². The smallest absolute Gasteiger partial charge is 0.128 e. The molecule has 4 heteroatoms. The molecule has 1 aliphatic rings. The zero-order valence-corrected chi connectivity index (χ0v) is 8.68. The van der Waals surface area contributed by atoms with Crippen LogP contribution in [-0.2, 0) is 6.42 Å². The van der Waals surface area contributed by atoms with E-state index in [-0.39, 0.29) is 6.04 Å². The molecule has 0 saturated carbocycles. The molecule has 2 N–H and O–H groups in total. The molecule has 0 amide bonds. The van der Waals surface area contributed by atoms with Gasteiger partial charge in [-0.15, -0.1) is 0 Å². The van der Waals surface area contributed by atoms with Crippen LogP contribution in [0.3, 0.4) is 0 Å². The Balaban J connectivity index is 2.12. The summed E-state index contributed by atoms with van der Waals surface area (Å²) < 4.78 is 4.85. The van der Waals surface area contributed by atoms with E-state index in [0.717, 1.165) is 24.1 Å². The molecule has 1 aromatic heterocycles. The zero-order chi connectivity index (χ0) is 11.0. The first-order chi connectivity index (χ1) is 7.86. The van der Waals surface area contributed by atoms with Crippen molar-refractivity contribution < 1.29 is 9.63 Å². The van der Waals surface area contributed by atoms with Gasteiger partial charge in [0.2, 0.25) is 0 Å². The second-order valence-electron chi connectivity index (χ2n) is 3.94. The normalized spacial score (nSPS) is 19.4. The Kier molecular flexibility index (Phi) is 2.15. The van der Waals surface area contributed by atoms with Crippen LogP contribution in [-0.4, -0.2) is 16.8 Å². The van der Waals surface area contributed by atoms with Gasteiger partial charge in [0.05, 0.1) is 12.2 Å². The van der Waals surface area contributed by atoms with E-state index in [2.05, 4.69) is 16.5 Å². The van der Waals surface area contributed by atoms with Crippen molar-refractivity contribution in [3.8, 4) is 5.75 Å². The van der Waals surface area contributed by atoms with Crippen LogP contribution in [0.15, 0.2) is 35.2 Å². The number of nitrogens with one attached hydrogen (secondary N) is 1. The molecule has 1 aromatic carbocycles. The van der Waals surface area contributed by atoms with Gasteiger partial charge in [-0.25, -0.2) is 0 Å². The largest absolute Gasteiger partial charge is 0.508 e. The average molecular weight is 216 g/mol. The lowest BCUT2D eigenvalue weighted by Crippen LogP contribution is -2.30. The molecule has 0 fully saturated rings. The van der Waals surface area contributed by atoms with Gasteiger partial charge in [-0.05, 0) is 18.1 Å². The van der Waals surface area contributed by atoms with Gasteiger partial charge in [0.1, 0.15) is 12.0 Å². The average Bonchev–Trinajstić information content (AvgIpc) is 2.82. The Bertz CT molecular complexity index is 494. The van der Waals surface area contributed by atoms with Crippen molar-refractivity contribution in [3.63, 3.8) is 0 Å². The van der Waals surface area contributed by atoms with Crippen LogP contribution < -0.4 is 5.32 Å². The molecule has 0 radical (unpaired) electrons. The van der Waals surface area contributed by atoms with Crippen LogP contribution in [0.25, 0.3) is 0 Å². The Hall–Kier alpha value is -1.81. The van der Waals surface area contributed by atoms with Gasteiger partial charge in [0.15, 0.2) is 0 Å².